The highest BCUT2D eigenvalue weighted by atomic mass is 35.5. The van der Waals surface area contributed by atoms with Crippen molar-refractivity contribution in [3.63, 3.8) is 0 Å². The second-order valence-corrected chi connectivity index (χ2v) is 5.95. The van der Waals surface area contributed by atoms with Crippen molar-refractivity contribution >= 4 is 45.7 Å². The third-order valence-corrected chi connectivity index (χ3v) is 3.89. The zero-order valence-corrected chi connectivity index (χ0v) is 14.9. The van der Waals surface area contributed by atoms with Crippen LogP contribution in [0.15, 0.2) is 48.5 Å². The summed E-state index contributed by atoms with van der Waals surface area (Å²) in [6.45, 7) is 1.41. The van der Waals surface area contributed by atoms with E-state index in [0.717, 1.165) is 0 Å². The van der Waals surface area contributed by atoms with Gasteiger partial charge in [0.2, 0.25) is 5.91 Å². The van der Waals surface area contributed by atoms with Crippen LogP contribution in [0.3, 0.4) is 0 Å². The van der Waals surface area contributed by atoms with E-state index in [0.29, 0.717) is 33.6 Å². The number of carbonyl (C=O) groups excluding carboxylic acids is 2. The van der Waals surface area contributed by atoms with E-state index in [-0.39, 0.29) is 17.0 Å². The molecule has 3 aromatic rings. The Morgan fingerprint density at radius 1 is 1.08 bits per heavy atom. The Labute approximate surface area is 155 Å². The van der Waals surface area contributed by atoms with Crippen LogP contribution in [0.1, 0.15) is 17.3 Å². The lowest BCUT2D eigenvalue weighted by atomic mass is 10.1. The largest absolute Gasteiger partial charge is 0.495 e. The number of pyridine rings is 1. The van der Waals surface area contributed by atoms with Crippen molar-refractivity contribution in [2.24, 2.45) is 0 Å². The van der Waals surface area contributed by atoms with Crippen molar-refractivity contribution in [2.75, 3.05) is 17.7 Å². The van der Waals surface area contributed by atoms with Crippen LogP contribution >= 0.6 is 11.6 Å². The van der Waals surface area contributed by atoms with Crippen LogP contribution in [0, 0.1) is 0 Å². The van der Waals surface area contributed by atoms with E-state index in [4.69, 9.17) is 16.3 Å². The monoisotopic (exact) mass is 369 g/mol. The Kier molecular flexibility index (Phi) is 5.04. The van der Waals surface area contributed by atoms with E-state index >= 15 is 0 Å². The Morgan fingerprint density at radius 3 is 2.58 bits per heavy atom. The number of fused-ring (bicyclic) bond motifs is 1. The maximum absolute atomic E-state index is 12.8. The lowest BCUT2D eigenvalue weighted by Gasteiger charge is -2.13. The number of methoxy groups -OCH3 is 1. The second kappa shape index (κ2) is 7.41. The molecule has 1 aromatic heterocycles. The molecule has 6 nitrogen and oxygen atoms in total. The Hall–Kier alpha value is -3.12. The molecule has 0 fully saturated rings. The van der Waals surface area contributed by atoms with Crippen LogP contribution < -0.4 is 15.4 Å². The first-order valence-electron chi connectivity index (χ1n) is 7.80. The second-order valence-electron chi connectivity index (χ2n) is 5.56. The zero-order chi connectivity index (χ0) is 18.7. The summed E-state index contributed by atoms with van der Waals surface area (Å²) in [5.74, 6) is -0.0972. The van der Waals surface area contributed by atoms with Gasteiger partial charge in [0.15, 0.2) is 0 Å². The fourth-order valence-electron chi connectivity index (χ4n) is 2.61. The molecule has 0 aliphatic carbocycles. The number of amides is 2. The number of anilines is 2. The van der Waals surface area contributed by atoms with Gasteiger partial charge in [0.25, 0.3) is 5.91 Å². The molecule has 0 aliphatic heterocycles. The fourth-order valence-corrected chi connectivity index (χ4v) is 2.81. The number of aromatic nitrogens is 1. The predicted octanol–water partition coefficient (Wildman–Crippen LogP) is 4.11. The van der Waals surface area contributed by atoms with Crippen molar-refractivity contribution in [1.29, 1.82) is 0 Å². The Bertz CT molecular complexity index is 1000. The van der Waals surface area contributed by atoms with Crippen LogP contribution in [0.25, 0.3) is 10.9 Å². The van der Waals surface area contributed by atoms with Gasteiger partial charge in [-0.15, -0.1) is 0 Å². The first kappa shape index (κ1) is 17.7. The van der Waals surface area contributed by atoms with E-state index in [1.54, 1.807) is 30.3 Å². The molecule has 132 valence electrons. The first-order chi connectivity index (χ1) is 12.5. The van der Waals surface area contributed by atoms with E-state index < -0.39 is 0 Å². The summed E-state index contributed by atoms with van der Waals surface area (Å²) >= 11 is 6.05. The highest BCUT2D eigenvalue weighted by Gasteiger charge is 2.15. The molecule has 3 rings (SSSR count). The normalized spacial score (nSPS) is 10.4. The molecule has 2 N–H and O–H groups in total. The SMILES string of the molecule is COc1ccc(NC(C)=O)cc1NC(=O)c1cc(Cl)nc2ccccc12. The van der Waals surface area contributed by atoms with E-state index in [9.17, 15) is 9.59 Å². The highest BCUT2D eigenvalue weighted by Crippen LogP contribution is 2.29. The van der Waals surface area contributed by atoms with Gasteiger partial charge in [-0.2, -0.15) is 0 Å². The van der Waals surface area contributed by atoms with Gasteiger partial charge in [-0.3, -0.25) is 9.59 Å². The number of benzene rings is 2. The molecule has 0 unspecified atom stereocenters. The maximum Gasteiger partial charge on any atom is 0.256 e. The first-order valence-corrected chi connectivity index (χ1v) is 8.18. The molecule has 0 aliphatic rings. The van der Waals surface area contributed by atoms with Crippen molar-refractivity contribution < 1.29 is 14.3 Å². The number of nitrogens with zero attached hydrogens (tertiary/aromatic N) is 1. The van der Waals surface area contributed by atoms with Gasteiger partial charge in [-0.1, -0.05) is 29.8 Å². The van der Waals surface area contributed by atoms with Crippen molar-refractivity contribution in [2.45, 2.75) is 6.92 Å². The van der Waals surface area contributed by atoms with Gasteiger partial charge in [-0.05, 0) is 30.3 Å². The summed E-state index contributed by atoms with van der Waals surface area (Å²) < 4.78 is 5.29. The van der Waals surface area contributed by atoms with Crippen molar-refractivity contribution in [1.82, 2.24) is 4.98 Å². The number of rotatable bonds is 4. The third kappa shape index (κ3) is 3.75. The van der Waals surface area contributed by atoms with Crippen LogP contribution in [0.2, 0.25) is 5.15 Å². The average Bonchev–Trinajstić information content (AvgIpc) is 2.60. The van der Waals surface area contributed by atoms with Gasteiger partial charge < -0.3 is 15.4 Å². The van der Waals surface area contributed by atoms with Gasteiger partial charge in [-0.25, -0.2) is 4.98 Å². The molecular formula is C19H16ClN3O3. The van der Waals surface area contributed by atoms with E-state index in [1.807, 2.05) is 12.1 Å². The molecule has 0 bridgehead atoms. The number of hydrogen-bond acceptors (Lipinski definition) is 4. The minimum atomic E-state index is -0.358. The number of nitrogens with one attached hydrogen (secondary N) is 2. The molecule has 0 radical (unpaired) electrons. The fraction of sp³-hybridized carbons (Fsp3) is 0.105. The molecule has 2 amide bonds. The van der Waals surface area contributed by atoms with E-state index in [1.165, 1.54) is 20.1 Å². The molecule has 0 atom stereocenters. The summed E-state index contributed by atoms with van der Waals surface area (Å²) in [6, 6.07) is 13.7. The smallest absolute Gasteiger partial charge is 0.256 e. The van der Waals surface area contributed by atoms with Gasteiger partial charge >= 0.3 is 0 Å². The van der Waals surface area contributed by atoms with Crippen molar-refractivity contribution in [3.05, 3.63) is 59.2 Å². The van der Waals surface area contributed by atoms with Gasteiger partial charge in [0, 0.05) is 18.0 Å². The molecule has 1 heterocycles. The topological polar surface area (TPSA) is 80.3 Å². The molecule has 0 saturated carbocycles. The molecule has 2 aromatic carbocycles. The highest BCUT2D eigenvalue weighted by molar-refractivity contribution is 6.30. The summed E-state index contributed by atoms with van der Waals surface area (Å²) in [4.78, 5) is 28.3. The minimum Gasteiger partial charge on any atom is -0.495 e. The Morgan fingerprint density at radius 2 is 1.85 bits per heavy atom. The molecule has 0 saturated heterocycles. The zero-order valence-electron chi connectivity index (χ0n) is 14.2. The van der Waals surface area contributed by atoms with Gasteiger partial charge in [0.05, 0.1) is 23.9 Å². The maximum atomic E-state index is 12.8. The number of ether oxygens (including phenoxy) is 1. The standard InChI is InChI=1S/C19H16ClN3O3/c1-11(24)21-12-7-8-17(26-2)16(9-12)23-19(25)14-10-18(20)22-15-6-4-3-5-13(14)15/h3-10H,1-2H3,(H,21,24)(H,23,25). The minimum absolute atomic E-state index is 0.209. The summed E-state index contributed by atoms with van der Waals surface area (Å²) in [5.41, 5.74) is 2.00. The van der Waals surface area contributed by atoms with Crippen LogP contribution in [-0.4, -0.2) is 23.9 Å². The van der Waals surface area contributed by atoms with Crippen molar-refractivity contribution in [3.8, 4) is 5.75 Å². The lowest BCUT2D eigenvalue weighted by molar-refractivity contribution is -0.114. The summed E-state index contributed by atoms with van der Waals surface area (Å²) in [7, 11) is 1.50. The lowest BCUT2D eigenvalue weighted by Crippen LogP contribution is -2.14. The predicted molar refractivity (Wildman–Crippen MR) is 102 cm³/mol. The molecular weight excluding hydrogens is 354 g/mol. The number of carbonyl (C=O) groups is 2. The Balaban J connectivity index is 1.99. The van der Waals surface area contributed by atoms with E-state index in [2.05, 4.69) is 15.6 Å². The van der Waals surface area contributed by atoms with Crippen LogP contribution in [0.5, 0.6) is 5.75 Å². The molecule has 7 heteroatoms. The number of hydrogen-bond donors (Lipinski definition) is 2. The van der Waals surface area contributed by atoms with Crippen LogP contribution in [-0.2, 0) is 4.79 Å². The number of halogens is 1. The molecule has 0 spiro atoms. The number of para-hydroxylation sites is 1. The van der Waals surface area contributed by atoms with Gasteiger partial charge in [0.1, 0.15) is 10.9 Å². The molecule has 26 heavy (non-hydrogen) atoms. The quantitative estimate of drug-likeness (QED) is 0.678. The summed E-state index contributed by atoms with van der Waals surface area (Å²) in [6.07, 6.45) is 0. The summed E-state index contributed by atoms with van der Waals surface area (Å²) in [5, 5.41) is 6.40. The third-order valence-electron chi connectivity index (χ3n) is 3.70. The van der Waals surface area contributed by atoms with Crippen LogP contribution in [0.4, 0.5) is 11.4 Å². The average molecular weight is 370 g/mol.